The summed E-state index contributed by atoms with van der Waals surface area (Å²) in [6.07, 6.45) is 2.63. The number of rotatable bonds is 7. The Labute approximate surface area is 172 Å². The number of hydrogen-bond donors (Lipinski definition) is 1. The number of thioether (sulfide) groups is 1. The van der Waals surface area contributed by atoms with Crippen molar-refractivity contribution in [2.45, 2.75) is 38.9 Å². The SMILES string of the molecule is C=CCn1c(SCC(=O)Nc2ccc(CC)cc2)nc2sc(C)c(C)c2c1=O. The van der Waals surface area contributed by atoms with E-state index in [-0.39, 0.29) is 17.2 Å². The summed E-state index contributed by atoms with van der Waals surface area (Å²) in [5, 5.41) is 4.09. The Hall–Kier alpha value is -2.38. The van der Waals surface area contributed by atoms with Gasteiger partial charge in [0.05, 0.1) is 11.1 Å². The molecule has 0 radical (unpaired) electrons. The van der Waals surface area contributed by atoms with E-state index in [0.717, 1.165) is 27.4 Å². The van der Waals surface area contributed by atoms with Crippen LogP contribution >= 0.6 is 23.1 Å². The fourth-order valence-corrected chi connectivity index (χ4v) is 4.74. The molecule has 0 bridgehead atoms. The van der Waals surface area contributed by atoms with Crippen LogP contribution in [0, 0.1) is 13.8 Å². The van der Waals surface area contributed by atoms with Crippen molar-refractivity contribution in [2.75, 3.05) is 11.1 Å². The van der Waals surface area contributed by atoms with Gasteiger partial charge in [-0.15, -0.1) is 17.9 Å². The van der Waals surface area contributed by atoms with E-state index in [9.17, 15) is 9.59 Å². The van der Waals surface area contributed by atoms with Crippen LogP contribution in [-0.4, -0.2) is 21.2 Å². The molecule has 0 aliphatic heterocycles. The molecule has 0 fully saturated rings. The predicted molar refractivity (Wildman–Crippen MR) is 119 cm³/mol. The number of nitrogens with one attached hydrogen (secondary N) is 1. The third-order valence-corrected chi connectivity index (χ3v) is 6.62. The summed E-state index contributed by atoms with van der Waals surface area (Å²) in [6, 6.07) is 7.80. The Morgan fingerprint density at radius 2 is 2.04 bits per heavy atom. The zero-order valence-corrected chi connectivity index (χ0v) is 17.9. The van der Waals surface area contributed by atoms with Crippen LogP contribution in [0.3, 0.4) is 0 Å². The average molecular weight is 414 g/mol. The van der Waals surface area contributed by atoms with Crippen LogP contribution in [0.2, 0.25) is 0 Å². The third-order valence-electron chi connectivity index (χ3n) is 4.54. The maximum atomic E-state index is 12.9. The van der Waals surface area contributed by atoms with Gasteiger partial charge in [-0.2, -0.15) is 0 Å². The Balaban J connectivity index is 1.80. The molecule has 0 saturated heterocycles. The number of anilines is 1. The predicted octanol–water partition coefficient (Wildman–Crippen LogP) is 4.55. The van der Waals surface area contributed by atoms with E-state index < -0.39 is 0 Å². The van der Waals surface area contributed by atoms with Gasteiger partial charge in [0, 0.05) is 17.1 Å². The van der Waals surface area contributed by atoms with Crippen molar-refractivity contribution in [3.63, 3.8) is 0 Å². The van der Waals surface area contributed by atoms with E-state index in [0.29, 0.717) is 17.1 Å². The van der Waals surface area contributed by atoms with Gasteiger partial charge in [0.1, 0.15) is 4.83 Å². The molecule has 0 aliphatic carbocycles. The molecule has 3 aromatic rings. The summed E-state index contributed by atoms with van der Waals surface area (Å²) in [4.78, 5) is 31.7. The van der Waals surface area contributed by atoms with Crippen LogP contribution in [0.4, 0.5) is 5.69 Å². The molecule has 3 rings (SSSR count). The van der Waals surface area contributed by atoms with Crippen LogP contribution in [0.15, 0.2) is 46.9 Å². The minimum Gasteiger partial charge on any atom is -0.325 e. The number of nitrogens with zero attached hydrogens (tertiary/aromatic N) is 2. The maximum Gasteiger partial charge on any atom is 0.263 e. The van der Waals surface area contributed by atoms with Gasteiger partial charge in [0.15, 0.2) is 5.16 Å². The molecule has 2 heterocycles. The molecule has 1 N–H and O–H groups in total. The zero-order chi connectivity index (χ0) is 20.3. The largest absolute Gasteiger partial charge is 0.325 e. The van der Waals surface area contributed by atoms with Gasteiger partial charge in [-0.25, -0.2) is 4.98 Å². The monoisotopic (exact) mass is 413 g/mol. The van der Waals surface area contributed by atoms with E-state index in [1.54, 1.807) is 10.6 Å². The third kappa shape index (κ3) is 4.20. The summed E-state index contributed by atoms with van der Waals surface area (Å²) >= 11 is 2.77. The molecule has 2 aromatic heterocycles. The first-order valence-electron chi connectivity index (χ1n) is 9.07. The Morgan fingerprint density at radius 1 is 1.32 bits per heavy atom. The van der Waals surface area contributed by atoms with Crippen molar-refractivity contribution in [2.24, 2.45) is 0 Å². The first-order valence-corrected chi connectivity index (χ1v) is 10.9. The van der Waals surface area contributed by atoms with Crippen molar-refractivity contribution in [1.82, 2.24) is 9.55 Å². The summed E-state index contributed by atoms with van der Waals surface area (Å²) in [6.45, 7) is 10.1. The summed E-state index contributed by atoms with van der Waals surface area (Å²) < 4.78 is 1.59. The van der Waals surface area contributed by atoms with Gasteiger partial charge in [-0.05, 0) is 43.5 Å². The van der Waals surface area contributed by atoms with E-state index in [1.165, 1.54) is 28.7 Å². The van der Waals surface area contributed by atoms with Crippen molar-refractivity contribution >= 4 is 44.9 Å². The van der Waals surface area contributed by atoms with Gasteiger partial charge < -0.3 is 5.32 Å². The second-order valence-electron chi connectivity index (χ2n) is 6.45. The lowest BCUT2D eigenvalue weighted by atomic mass is 10.1. The summed E-state index contributed by atoms with van der Waals surface area (Å²) in [5.41, 5.74) is 2.88. The quantitative estimate of drug-likeness (QED) is 0.350. The first kappa shape index (κ1) is 20.4. The van der Waals surface area contributed by atoms with Crippen molar-refractivity contribution < 1.29 is 4.79 Å². The van der Waals surface area contributed by atoms with Gasteiger partial charge in [0.25, 0.3) is 5.56 Å². The highest BCUT2D eigenvalue weighted by Crippen LogP contribution is 2.28. The second kappa shape index (κ2) is 8.75. The molecule has 5 nitrogen and oxygen atoms in total. The lowest BCUT2D eigenvalue weighted by Crippen LogP contribution is -2.23. The molecular formula is C21H23N3O2S2. The molecule has 146 valence electrons. The second-order valence-corrected chi connectivity index (χ2v) is 8.60. The molecular weight excluding hydrogens is 390 g/mol. The van der Waals surface area contributed by atoms with Gasteiger partial charge in [0.2, 0.25) is 5.91 Å². The number of benzene rings is 1. The minimum absolute atomic E-state index is 0.0789. The Kier molecular flexibility index (Phi) is 6.36. The first-order chi connectivity index (χ1) is 13.4. The lowest BCUT2D eigenvalue weighted by molar-refractivity contribution is -0.113. The molecule has 0 saturated carbocycles. The number of carbonyl (C=O) groups excluding carboxylic acids is 1. The van der Waals surface area contributed by atoms with Crippen LogP contribution < -0.4 is 10.9 Å². The van der Waals surface area contributed by atoms with Crippen LogP contribution in [-0.2, 0) is 17.8 Å². The van der Waals surface area contributed by atoms with Gasteiger partial charge >= 0.3 is 0 Å². The normalized spacial score (nSPS) is 11.0. The van der Waals surface area contributed by atoms with Gasteiger partial charge in [-0.3, -0.25) is 14.2 Å². The highest BCUT2D eigenvalue weighted by Gasteiger charge is 2.17. The number of allylic oxidation sites excluding steroid dienone is 1. The number of aryl methyl sites for hydroxylation is 3. The molecule has 0 atom stereocenters. The number of thiophene rings is 1. The lowest BCUT2D eigenvalue weighted by Gasteiger charge is -2.10. The summed E-state index contributed by atoms with van der Waals surface area (Å²) in [7, 11) is 0. The molecule has 1 aromatic carbocycles. The zero-order valence-electron chi connectivity index (χ0n) is 16.2. The van der Waals surface area contributed by atoms with E-state index >= 15 is 0 Å². The maximum absolute atomic E-state index is 12.9. The molecule has 7 heteroatoms. The standard InChI is InChI=1S/C21H23N3O2S2/c1-5-11-24-20(26)18-13(3)14(4)28-19(18)23-21(24)27-12-17(25)22-16-9-7-15(6-2)8-10-16/h5,7-10H,1,6,11-12H2,2-4H3,(H,22,25). The number of hydrogen-bond acceptors (Lipinski definition) is 5. The number of carbonyl (C=O) groups is 1. The van der Waals surface area contributed by atoms with E-state index in [1.807, 2.05) is 38.1 Å². The van der Waals surface area contributed by atoms with Crippen LogP contribution in [0.5, 0.6) is 0 Å². The highest BCUT2D eigenvalue weighted by molar-refractivity contribution is 7.99. The highest BCUT2D eigenvalue weighted by atomic mass is 32.2. The van der Waals surface area contributed by atoms with Crippen molar-refractivity contribution in [3.05, 3.63) is 63.3 Å². The van der Waals surface area contributed by atoms with E-state index in [2.05, 4.69) is 23.8 Å². The topological polar surface area (TPSA) is 64.0 Å². The van der Waals surface area contributed by atoms with Crippen LogP contribution in [0.1, 0.15) is 22.9 Å². The fourth-order valence-electron chi connectivity index (χ4n) is 2.86. The smallest absolute Gasteiger partial charge is 0.263 e. The number of fused-ring (bicyclic) bond motifs is 1. The number of aromatic nitrogens is 2. The van der Waals surface area contributed by atoms with Crippen molar-refractivity contribution in [3.8, 4) is 0 Å². The van der Waals surface area contributed by atoms with E-state index in [4.69, 9.17) is 0 Å². The molecule has 0 spiro atoms. The molecule has 0 unspecified atom stereocenters. The Bertz CT molecular complexity index is 1080. The summed E-state index contributed by atoms with van der Waals surface area (Å²) in [5.74, 6) is 0.0424. The van der Waals surface area contributed by atoms with Crippen LogP contribution in [0.25, 0.3) is 10.2 Å². The molecule has 28 heavy (non-hydrogen) atoms. The Morgan fingerprint density at radius 3 is 2.68 bits per heavy atom. The molecule has 0 aliphatic rings. The van der Waals surface area contributed by atoms with Gasteiger partial charge in [-0.1, -0.05) is 36.9 Å². The van der Waals surface area contributed by atoms with Crippen molar-refractivity contribution in [1.29, 1.82) is 0 Å². The average Bonchev–Trinajstić information content (AvgIpc) is 2.97. The number of amides is 1. The molecule has 1 amide bonds. The minimum atomic E-state index is -0.132. The fraction of sp³-hybridized carbons (Fsp3) is 0.286.